The van der Waals surface area contributed by atoms with Crippen LogP contribution in [0.25, 0.3) is 0 Å². The average molecular weight is 438 g/mol. The van der Waals surface area contributed by atoms with Gasteiger partial charge in [-0.15, -0.1) is 0 Å². The molecule has 0 spiro atoms. The highest BCUT2D eigenvalue weighted by Gasteiger charge is 2.39. The summed E-state index contributed by atoms with van der Waals surface area (Å²) in [5.41, 5.74) is -4.79. The van der Waals surface area contributed by atoms with Gasteiger partial charge in [0.25, 0.3) is 11.4 Å². The molecule has 0 aliphatic heterocycles. The van der Waals surface area contributed by atoms with Crippen molar-refractivity contribution in [2.24, 2.45) is 0 Å². The molecule has 0 aliphatic carbocycles. The van der Waals surface area contributed by atoms with Crippen LogP contribution in [-0.4, -0.2) is 9.85 Å². The Labute approximate surface area is 151 Å². The zero-order valence-electron chi connectivity index (χ0n) is 12.7. The van der Waals surface area contributed by atoms with Crippen LogP contribution in [0.4, 0.5) is 40.3 Å². The van der Waals surface area contributed by atoms with Gasteiger partial charge in [0.1, 0.15) is 11.5 Å². The lowest BCUT2D eigenvalue weighted by Gasteiger charge is -2.16. The number of anilines is 2. The third-order valence-electron chi connectivity index (χ3n) is 3.32. The molecule has 2 aromatic carbocycles. The maximum Gasteiger partial charge on any atom is 0.418 e. The lowest BCUT2D eigenvalue weighted by atomic mass is 10.1. The van der Waals surface area contributed by atoms with Gasteiger partial charge in [0, 0.05) is 10.5 Å². The quantitative estimate of drug-likeness (QED) is 0.388. The van der Waals surface area contributed by atoms with Crippen molar-refractivity contribution in [2.45, 2.75) is 13.1 Å². The Hall–Kier alpha value is -2.76. The Bertz CT molecular complexity index is 918. The lowest BCUT2D eigenvalue weighted by molar-refractivity contribution is -0.394. The summed E-state index contributed by atoms with van der Waals surface area (Å²) in [6, 6.07) is 2.73. The number of halogens is 5. The van der Waals surface area contributed by atoms with Crippen molar-refractivity contribution < 1.29 is 27.4 Å². The fourth-order valence-electron chi connectivity index (χ4n) is 2.10. The molecule has 7 nitrogen and oxygen atoms in total. The minimum atomic E-state index is -5.11. The van der Waals surface area contributed by atoms with Crippen LogP contribution < -0.4 is 5.32 Å². The number of alkyl halides is 3. The molecule has 0 fully saturated rings. The zero-order valence-corrected chi connectivity index (χ0v) is 14.3. The van der Waals surface area contributed by atoms with E-state index in [9.17, 15) is 37.8 Å². The summed E-state index contributed by atoms with van der Waals surface area (Å²) in [7, 11) is 0. The summed E-state index contributed by atoms with van der Waals surface area (Å²) in [6.07, 6.45) is -5.11. The van der Waals surface area contributed by atoms with Crippen LogP contribution in [0.5, 0.6) is 0 Å². The molecule has 1 N–H and O–H groups in total. The first-order valence-electron chi connectivity index (χ1n) is 6.68. The predicted octanol–water partition coefficient (Wildman–Crippen LogP) is 5.48. The maximum atomic E-state index is 13.5. The minimum Gasteiger partial charge on any atom is -0.348 e. The van der Waals surface area contributed by atoms with E-state index in [1.807, 2.05) is 0 Å². The highest BCUT2D eigenvalue weighted by Crippen LogP contribution is 2.44. The normalized spacial score (nSPS) is 11.3. The van der Waals surface area contributed by atoms with Gasteiger partial charge in [-0.1, -0.05) is 0 Å². The number of rotatable bonds is 4. The number of nitrogens with one attached hydrogen (secondary N) is 1. The lowest BCUT2D eigenvalue weighted by Crippen LogP contribution is -2.12. The van der Waals surface area contributed by atoms with Gasteiger partial charge >= 0.3 is 6.18 Å². The van der Waals surface area contributed by atoms with Gasteiger partial charge in [0.15, 0.2) is 0 Å². The van der Waals surface area contributed by atoms with Crippen molar-refractivity contribution >= 4 is 38.7 Å². The van der Waals surface area contributed by atoms with Crippen molar-refractivity contribution in [1.82, 2.24) is 0 Å². The van der Waals surface area contributed by atoms with E-state index in [4.69, 9.17) is 0 Å². The first-order valence-corrected chi connectivity index (χ1v) is 7.47. The molecule has 2 aromatic rings. The number of nitrogens with zero attached hydrogens (tertiary/aromatic N) is 2. The molecule has 0 saturated heterocycles. The van der Waals surface area contributed by atoms with Crippen molar-refractivity contribution in [2.75, 3.05) is 5.32 Å². The number of aryl methyl sites for hydroxylation is 1. The largest absolute Gasteiger partial charge is 0.418 e. The van der Waals surface area contributed by atoms with Crippen molar-refractivity contribution in [1.29, 1.82) is 0 Å². The maximum absolute atomic E-state index is 13.5. The average Bonchev–Trinajstić information content (AvgIpc) is 2.50. The van der Waals surface area contributed by atoms with Gasteiger partial charge in [-0.25, -0.2) is 4.39 Å². The van der Waals surface area contributed by atoms with Crippen molar-refractivity contribution in [3.8, 4) is 0 Å². The van der Waals surface area contributed by atoms with Crippen LogP contribution in [0.15, 0.2) is 28.7 Å². The Morgan fingerprint density at radius 3 is 2.19 bits per heavy atom. The van der Waals surface area contributed by atoms with Crippen LogP contribution >= 0.6 is 15.9 Å². The van der Waals surface area contributed by atoms with E-state index < -0.39 is 44.5 Å². The minimum absolute atomic E-state index is 0.0152. The fourth-order valence-corrected chi connectivity index (χ4v) is 2.52. The Morgan fingerprint density at radius 2 is 1.69 bits per heavy atom. The molecule has 0 unspecified atom stereocenters. The second kappa shape index (κ2) is 6.86. The van der Waals surface area contributed by atoms with Crippen molar-refractivity contribution in [3.63, 3.8) is 0 Å². The number of nitro groups is 2. The van der Waals surface area contributed by atoms with E-state index in [1.54, 1.807) is 0 Å². The highest BCUT2D eigenvalue weighted by molar-refractivity contribution is 9.10. The van der Waals surface area contributed by atoms with E-state index in [-0.39, 0.29) is 21.8 Å². The summed E-state index contributed by atoms with van der Waals surface area (Å²) in [5.74, 6) is -0.642. The molecule has 0 saturated carbocycles. The summed E-state index contributed by atoms with van der Waals surface area (Å²) >= 11 is 2.95. The van der Waals surface area contributed by atoms with Crippen LogP contribution in [0.1, 0.15) is 11.1 Å². The van der Waals surface area contributed by atoms with E-state index >= 15 is 0 Å². The standard InChI is InChI=1S/C14H8BrF4N3O4/c1-6-2-11(9(15)5-10(6)16)20-13-8(14(17,18)19)3-7(21(23)24)4-12(13)22(25)26/h2-5,20H,1H3. The zero-order chi connectivity index (χ0) is 19.8. The smallest absolute Gasteiger partial charge is 0.348 e. The SMILES string of the molecule is Cc1cc(Nc2c([N+](=O)[O-])cc([N+](=O)[O-])cc2C(F)(F)F)c(Br)cc1F. The third-order valence-corrected chi connectivity index (χ3v) is 3.98. The van der Waals surface area contributed by atoms with Gasteiger partial charge in [0.2, 0.25) is 0 Å². The van der Waals surface area contributed by atoms with E-state index in [0.29, 0.717) is 6.07 Å². The molecule has 2 rings (SSSR count). The van der Waals surface area contributed by atoms with E-state index in [0.717, 1.165) is 12.1 Å². The summed E-state index contributed by atoms with van der Waals surface area (Å²) in [4.78, 5) is 19.6. The molecule has 26 heavy (non-hydrogen) atoms. The van der Waals surface area contributed by atoms with Gasteiger partial charge in [-0.2, -0.15) is 13.2 Å². The van der Waals surface area contributed by atoms with Gasteiger partial charge in [0.05, 0.1) is 27.2 Å². The Balaban J connectivity index is 2.76. The van der Waals surface area contributed by atoms with Crippen LogP contribution in [0.3, 0.4) is 0 Å². The monoisotopic (exact) mass is 437 g/mol. The fraction of sp³-hybridized carbons (Fsp3) is 0.143. The molecule has 0 radical (unpaired) electrons. The molecule has 0 aromatic heterocycles. The van der Waals surface area contributed by atoms with Gasteiger partial charge < -0.3 is 5.32 Å². The molecule has 0 heterocycles. The Kier molecular flexibility index (Phi) is 5.16. The highest BCUT2D eigenvalue weighted by atomic mass is 79.9. The first kappa shape index (κ1) is 19.6. The van der Waals surface area contributed by atoms with Gasteiger partial charge in [-0.05, 0) is 40.5 Å². The molecule has 138 valence electrons. The predicted molar refractivity (Wildman–Crippen MR) is 86.9 cm³/mol. The van der Waals surface area contributed by atoms with Gasteiger partial charge in [-0.3, -0.25) is 20.2 Å². The third kappa shape index (κ3) is 3.90. The Morgan fingerprint density at radius 1 is 1.08 bits per heavy atom. The number of non-ortho nitro benzene ring substituents is 1. The summed E-state index contributed by atoms with van der Waals surface area (Å²) in [5, 5.41) is 24.2. The summed E-state index contributed by atoms with van der Waals surface area (Å²) in [6.45, 7) is 1.35. The van der Waals surface area contributed by atoms with Crippen molar-refractivity contribution in [3.05, 3.63) is 65.9 Å². The summed E-state index contributed by atoms with van der Waals surface area (Å²) < 4.78 is 53.5. The second-order valence-corrected chi connectivity index (χ2v) is 5.96. The molecule has 0 amide bonds. The topological polar surface area (TPSA) is 98.3 Å². The number of hydrogen-bond donors (Lipinski definition) is 1. The van der Waals surface area contributed by atoms with Crippen LogP contribution in [-0.2, 0) is 6.18 Å². The second-order valence-electron chi connectivity index (χ2n) is 5.11. The molecular formula is C14H8BrF4N3O4. The molecular weight excluding hydrogens is 430 g/mol. The van der Waals surface area contributed by atoms with Crippen LogP contribution in [0.2, 0.25) is 0 Å². The number of nitro benzene ring substituents is 2. The van der Waals surface area contributed by atoms with Crippen LogP contribution in [0, 0.1) is 33.0 Å². The number of hydrogen-bond acceptors (Lipinski definition) is 5. The molecule has 0 aliphatic rings. The first-order chi connectivity index (χ1) is 11.9. The molecule has 0 atom stereocenters. The van der Waals surface area contributed by atoms with E-state index in [2.05, 4.69) is 21.2 Å². The number of benzene rings is 2. The molecule has 12 heteroatoms. The van der Waals surface area contributed by atoms with E-state index in [1.165, 1.54) is 6.92 Å². The molecule has 0 bridgehead atoms.